The van der Waals surface area contributed by atoms with Crippen LogP contribution < -0.4 is 25.8 Å². The zero-order valence-corrected chi connectivity index (χ0v) is 19.3. The van der Waals surface area contributed by atoms with E-state index in [9.17, 15) is 14.4 Å². The molecule has 4 N–H and O–H groups in total. The molecule has 0 saturated heterocycles. The molecule has 3 amide bonds. The maximum Gasteiger partial charge on any atom is 0.338 e. The summed E-state index contributed by atoms with van der Waals surface area (Å²) in [6.07, 6.45) is 1.26. The van der Waals surface area contributed by atoms with Crippen molar-refractivity contribution in [2.75, 3.05) is 19.8 Å². The Morgan fingerprint density at radius 2 is 1.90 bits per heavy atom. The highest BCUT2D eigenvalue weighted by atomic mass is 127. The molecule has 0 aromatic heterocycles. The molecule has 9 nitrogen and oxygen atoms in total. The summed E-state index contributed by atoms with van der Waals surface area (Å²) in [4.78, 5) is 36.1. The molecule has 1 atom stereocenters. The van der Waals surface area contributed by atoms with Crippen LogP contribution in [0.3, 0.4) is 0 Å². The van der Waals surface area contributed by atoms with Crippen molar-refractivity contribution in [3.8, 4) is 11.5 Å². The molecule has 30 heavy (non-hydrogen) atoms. The first kappa shape index (κ1) is 23.8. The molecule has 0 saturated carbocycles. The van der Waals surface area contributed by atoms with Crippen LogP contribution in [0.1, 0.15) is 45.2 Å². The van der Waals surface area contributed by atoms with Crippen LogP contribution in [0.4, 0.5) is 4.79 Å². The largest absolute Gasteiger partial charge is 0.490 e. The molecule has 1 aromatic rings. The van der Waals surface area contributed by atoms with Crippen LogP contribution in [-0.4, -0.2) is 37.7 Å². The molecule has 0 radical (unpaired) electrons. The third kappa shape index (κ3) is 5.77. The van der Waals surface area contributed by atoms with E-state index in [4.69, 9.17) is 19.9 Å². The summed E-state index contributed by atoms with van der Waals surface area (Å²) in [7, 11) is 0. The third-order valence-corrected chi connectivity index (χ3v) is 4.97. The lowest BCUT2D eigenvalue weighted by Gasteiger charge is -2.30. The number of amides is 3. The SMILES string of the molecule is CCCC1=C(C(=O)OCC)[C@H](c2cc(I)c(OCC(N)=O)c(OCC)c2)NC(=O)N1. The monoisotopic (exact) mass is 531 g/mol. The van der Waals surface area contributed by atoms with Crippen molar-refractivity contribution in [3.63, 3.8) is 0 Å². The predicted octanol–water partition coefficient (Wildman–Crippen LogP) is 2.53. The molecule has 1 aliphatic rings. The molecule has 1 aromatic carbocycles. The minimum Gasteiger partial charge on any atom is -0.490 e. The van der Waals surface area contributed by atoms with Crippen LogP contribution in [0.15, 0.2) is 23.4 Å². The van der Waals surface area contributed by atoms with Crippen LogP contribution in [0, 0.1) is 3.57 Å². The number of nitrogens with one attached hydrogen (secondary N) is 2. The van der Waals surface area contributed by atoms with Gasteiger partial charge >= 0.3 is 12.0 Å². The second kappa shape index (κ2) is 11.0. The Morgan fingerprint density at radius 3 is 2.50 bits per heavy atom. The van der Waals surface area contributed by atoms with Gasteiger partial charge in [-0.15, -0.1) is 0 Å². The quantitative estimate of drug-likeness (QED) is 0.315. The van der Waals surface area contributed by atoms with Gasteiger partial charge in [-0.1, -0.05) is 13.3 Å². The lowest BCUT2D eigenvalue weighted by molar-refractivity contribution is -0.139. The van der Waals surface area contributed by atoms with E-state index in [2.05, 4.69) is 10.6 Å². The highest BCUT2D eigenvalue weighted by Gasteiger charge is 2.34. The van der Waals surface area contributed by atoms with Crippen molar-refractivity contribution in [1.82, 2.24) is 10.6 Å². The first-order chi connectivity index (χ1) is 14.3. The van der Waals surface area contributed by atoms with Crippen LogP contribution in [0.2, 0.25) is 0 Å². The lowest BCUT2D eigenvalue weighted by atomic mass is 9.93. The number of carbonyl (C=O) groups excluding carboxylic acids is 3. The first-order valence-corrected chi connectivity index (χ1v) is 10.7. The Labute approximate surface area is 188 Å². The van der Waals surface area contributed by atoms with Crippen LogP contribution in [-0.2, 0) is 14.3 Å². The second-order valence-electron chi connectivity index (χ2n) is 6.41. The number of ether oxygens (including phenoxy) is 3. The molecular weight excluding hydrogens is 505 g/mol. The van der Waals surface area contributed by atoms with Gasteiger partial charge in [0.1, 0.15) is 0 Å². The second-order valence-corrected chi connectivity index (χ2v) is 7.57. The van der Waals surface area contributed by atoms with E-state index in [-0.39, 0.29) is 13.2 Å². The van der Waals surface area contributed by atoms with E-state index in [0.717, 1.165) is 6.42 Å². The average Bonchev–Trinajstić information content (AvgIpc) is 2.67. The molecule has 0 bridgehead atoms. The van der Waals surface area contributed by atoms with E-state index in [1.54, 1.807) is 19.1 Å². The Hall–Kier alpha value is -2.50. The fourth-order valence-electron chi connectivity index (χ4n) is 3.07. The number of carbonyl (C=O) groups is 3. The fraction of sp³-hybridized carbons (Fsp3) is 0.450. The number of benzene rings is 1. The Bertz CT molecular complexity index is 855. The first-order valence-electron chi connectivity index (χ1n) is 9.67. The highest BCUT2D eigenvalue weighted by molar-refractivity contribution is 14.1. The van der Waals surface area contributed by atoms with Gasteiger partial charge in [-0.25, -0.2) is 9.59 Å². The molecule has 0 aliphatic carbocycles. The maximum atomic E-state index is 12.7. The number of hydrogen-bond acceptors (Lipinski definition) is 6. The highest BCUT2D eigenvalue weighted by Crippen LogP contribution is 2.39. The van der Waals surface area contributed by atoms with Crippen LogP contribution >= 0.6 is 22.6 Å². The summed E-state index contributed by atoms with van der Waals surface area (Å²) >= 11 is 2.04. The normalized spacial score (nSPS) is 15.9. The zero-order chi connectivity index (χ0) is 22.3. The van der Waals surface area contributed by atoms with Gasteiger partial charge in [-0.05, 0) is 60.6 Å². The summed E-state index contributed by atoms with van der Waals surface area (Å²) < 4.78 is 17.1. The summed E-state index contributed by atoms with van der Waals surface area (Å²) in [6, 6.07) is 2.32. The average molecular weight is 531 g/mol. The van der Waals surface area contributed by atoms with Gasteiger partial charge in [0.2, 0.25) is 0 Å². The van der Waals surface area contributed by atoms with E-state index < -0.39 is 23.9 Å². The van der Waals surface area contributed by atoms with Gasteiger partial charge in [0.25, 0.3) is 5.91 Å². The molecule has 2 rings (SSSR count). The topological polar surface area (TPSA) is 129 Å². The van der Waals surface area contributed by atoms with Crippen molar-refractivity contribution in [2.24, 2.45) is 5.73 Å². The minimum atomic E-state index is -0.725. The number of primary amides is 1. The van der Waals surface area contributed by atoms with Crippen molar-refractivity contribution >= 4 is 40.5 Å². The summed E-state index contributed by atoms with van der Waals surface area (Å²) in [6.45, 7) is 5.76. The number of rotatable bonds is 10. The van der Waals surface area contributed by atoms with Crippen molar-refractivity contribution in [3.05, 3.63) is 32.5 Å². The Morgan fingerprint density at radius 1 is 1.17 bits per heavy atom. The summed E-state index contributed by atoms with van der Waals surface area (Å²) in [5, 5.41) is 5.52. The Balaban J connectivity index is 2.57. The lowest BCUT2D eigenvalue weighted by Crippen LogP contribution is -2.46. The van der Waals surface area contributed by atoms with Gasteiger partial charge in [0, 0.05) is 5.70 Å². The van der Waals surface area contributed by atoms with E-state index in [1.807, 2.05) is 36.4 Å². The molecule has 0 unspecified atom stereocenters. The molecule has 1 aliphatic heterocycles. The number of nitrogens with two attached hydrogens (primary N) is 1. The van der Waals surface area contributed by atoms with Crippen LogP contribution in [0.25, 0.3) is 0 Å². The van der Waals surface area contributed by atoms with Crippen LogP contribution in [0.5, 0.6) is 11.5 Å². The summed E-state index contributed by atoms with van der Waals surface area (Å²) in [5.41, 5.74) is 6.69. The molecule has 1 heterocycles. The Kier molecular flexibility index (Phi) is 8.75. The molecular formula is C20H26IN3O6. The maximum absolute atomic E-state index is 12.7. The number of halogens is 1. The van der Waals surface area contributed by atoms with Crippen molar-refractivity contribution < 1.29 is 28.6 Å². The predicted molar refractivity (Wildman–Crippen MR) is 118 cm³/mol. The van der Waals surface area contributed by atoms with Gasteiger partial charge < -0.3 is 30.6 Å². The van der Waals surface area contributed by atoms with E-state index >= 15 is 0 Å². The van der Waals surface area contributed by atoms with Gasteiger partial charge in [-0.3, -0.25) is 4.79 Å². The molecule has 10 heteroatoms. The van der Waals surface area contributed by atoms with E-state index in [0.29, 0.717) is 44.9 Å². The number of esters is 1. The standard InChI is InChI=1S/C20H26IN3O6/c1-4-7-13-16(19(26)29-6-3)17(24-20(27)23-13)11-8-12(21)18(30-10-15(22)25)14(9-11)28-5-2/h8-9,17H,4-7,10H2,1-3H3,(H2,22,25)(H2,23,24,27)/t17-/m0/s1. The number of allylic oxidation sites excluding steroid dienone is 1. The molecule has 164 valence electrons. The van der Waals surface area contributed by atoms with Gasteiger partial charge in [0.15, 0.2) is 18.1 Å². The third-order valence-electron chi connectivity index (χ3n) is 4.17. The smallest absolute Gasteiger partial charge is 0.338 e. The fourth-order valence-corrected chi connectivity index (χ4v) is 3.85. The van der Waals surface area contributed by atoms with E-state index in [1.165, 1.54) is 0 Å². The number of urea groups is 1. The van der Waals surface area contributed by atoms with Crippen molar-refractivity contribution in [1.29, 1.82) is 0 Å². The number of hydrogen-bond donors (Lipinski definition) is 3. The van der Waals surface area contributed by atoms with Gasteiger partial charge in [-0.2, -0.15) is 0 Å². The summed E-state index contributed by atoms with van der Waals surface area (Å²) in [5.74, 6) is -0.357. The minimum absolute atomic E-state index is 0.212. The van der Waals surface area contributed by atoms with Crippen molar-refractivity contribution in [2.45, 2.75) is 39.7 Å². The zero-order valence-electron chi connectivity index (χ0n) is 17.2. The van der Waals surface area contributed by atoms with Gasteiger partial charge in [0.05, 0.1) is 28.4 Å². The molecule has 0 fully saturated rings. The molecule has 0 spiro atoms.